The Hall–Kier alpha value is -1.79. The van der Waals surface area contributed by atoms with Crippen LogP contribution in [0, 0.1) is 0 Å². The lowest BCUT2D eigenvalue weighted by Crippen LogP contribution is -2.46. The molecule has 0 radical (unpaired) electrons. The van der Waals surface area contributed by atoms with Crippen molar-refractivity contribution in [1.82, 2.24) is 10.2 Å². The van der Waals surface area contributed by atoms with E-state index in [4.69, 9.17) is 4.74 Å². The summed E-state index contributed by atoms with van der Waals surface area (Å²) in [7, 11) is 3.25. The van der Waals surface area contributed by atoms with Gasteiger partial charge in [-0.3, -0.25) is 0 Å². The van der Waals surface area contributed by atoms with Gasteiger partial charge in [0.25, 0.3) is 0 Å². The number of hydrogen-bond acceptors (Lipinski definition) is 4. The van der Waals surface area contributed by atoms with Crippen LogP contribution in [0.15, 0.2) is 24.3 Å². The topological polar surface area (TPSA) is 73.8 Å². The van der Waals surface area contributed by atoms with Crippen LogP contribution in [0.25, 0.3) is 0 Å². The van der Waals surface area contributed by atoms with Gasteiger partial charge in [0.15, 0.2) is 0 Å². The number of urea groups is 1. The lowest BCUT2D eigenvalue weighted by atomic mass is 10.2. The van der Waals surface area contributed by atoms with Crippen LogP contribution in [-0.2, 0) is 0 Å². The molecule has 1 saturated heterocycles. The molecule has 1 aromatic rings. The standard InChI is InChI=1S/C13H19N3O3/c1-16(11-7-14-8-12(11)17)13(18)15-9-4-3-5-10(6-9)19-2/h3-6,11-12,14,17H,7-8H2,1-2H3,(H,15,18)/t11-,12-/m1/s1. The van der Waals surface area contributed by atoms with E-state index in [1.807, 2.05) is 6.07 Å². The second-order valence-corrected chi connectivity index (χ2v) is 4.57. The zero-order valence-corrected chi connectivity index (χ0v) is 11.1. The third-order valence-electron chi connectivity index (χ3n) is 3.29. The van der Waals surface area contributed by atoms with Gasteiger partial charge in [0.1, 0.15) is 5.75 Å². The predicted octanol–water partition coefficient (Wildman–Crippen LogP) is 0.492. The van der Waals surface area contributed by atoms with Gasteiger partial charge in [-0.2, -0.15) is 0 Å². The van der Waals surface area contributed by atoms with Gasteiger partial charge in [-0.05, 0) is 12.1 Å². The lowest BCUT2D eigenvalue weighted by molar-refractivity contribution is 0.115. The molecular weight excluding hydrogens is 246 g/mol. The molecule has 1 heterocycles. The number of ether oxygens (including phenoxy) is 1. The summed E-state index contributed by atoms with van der Waals surface area (Å²) >= 11 is 0. The van der Waals surface area contributed by atoms with Gasteiger partial charge in [0.2, 0.25) is 0 Å². The molecule has 1 aliphatic heterocycles. The third kappa shape index (κ3) is 3.15. The molecule has 3 N–H and O–H groups in total. The summed E-state index contributed by atoms with van der Waals surface area (Å²) in [5.74, 6) is 0.683. The van der Waals surface area contributed by atoms with Crippen LogP contribution in [-0.4, -0.2) is 55.4 Å². The maximum Gasteiger partial charge on any atom is 0.321 e. The fourth-order valence-electron chi connectivity index (χ4n) is 2.11. The number of carbonyl (C=O) groups excluding carboxylic acids is 1. The number of nitrogens with zero attached hydrogens (tertiary/aromatic N) is 1. The molecule has 0 spiro atoms. The summed E-state index contributed by atoms with van der Waals surface area (Å²) in [4.78, 5) is 13.6. The van der Waals surface area contributed by atoms with Gasteiger partial charge in [0.05, 0.1) is 19.3 Å². The Morgan fingerprint density at radius 1 is 1.53 bits per heavy atom. The molecule has 19 heavy (non-hydrogen) atoms. The second-order valence-electron chi connectivity index (χ2n) is 4.57. The SMILES string of the molecule is COc1cccc(NC(=O)N(C)[C@@H]2CNC[C@H]2O)c1. The number of β-amino-alcohol motifs (C(OH)–C–C–N with tert-alkyl or cyclic N) is 1. The van der Waals surface area contributed by atoms with Gasteiger partial charge in [-0.15, -0.1) is 0 Å². The molecule has 104 valence electrons. The van der Waals surface area contributed by atoms with E-state index in [0.29, 0.717) is 24.5 Å². The highest BCUT2D eigenvalue weighted by molar-refractivity contribution is 5.89. The number of likely N-dealkylation sites (N-methyl/N-ethyl adjacent to an activating group) is 1. The Morgan fingerprint density at radius 2 is 2.32 bits per heavy atom. The highest BCUT2D eigenvalue weighted by Crippen LogP contribution is 2.17. The fraction of sp³-hybridized carbons (Fsp3) is 0.462. The molecule has 0 saturated carbocycles. The van der Waals surface area contributed by atoms with E-state index < -0.39 is 6.10 Å². The molecule has 1 aromatic carbocycles. The van der Waals surface area contributed by atoms with Gasteiger partial charge in [0, 0.05) is 31.9 Å². The number of aliphatic hydroxyl groups is 1. The Kier molecular flexibility index (Phi) is 4.24. The number of anilines is 1. The number of hydrogen-bond donors (Lipinski definition) is 3. The quantitative estimate of drug-likeness (QED) is 0.743. The highest BCUT2D eigenvalue weighted by Gasteiger charge is 2.31. The Labute approximate surface area is 112 Å². The minimum absolute atomic E-state index is 0.203. The largest absolute Gasteiger partial charge is 0.497 e. The first-order valence-corrected chi connectivity index (χ1v) is 6.18. The fourth-order valence-corrected chi connectivity index (χ4v) is 2.11. The second kappa shape index (κ2) is 5.90. The first-order valence-electron chi connectivity index (χ1n) is 6.18. The molecule has 1 aliphatic rings. The summed E-state index contributed by atoms with van der Waals surface area (Å²) in [6.45, 7) is 1.12. The Morgan fingerprint density at radius 3 is 2.95 bits per heavy atom. The van der Waals surface area contributed by atoms with E-state index >= 15 is 0 Å². The molecule has 0 aliphatic carbocycles. The summed E-state index contributed by atoms with van der Waals surface area (Å²) in [6, 6.07) is 6.70. The maximum absolute atomic E-state index is 12.1. The van der Waals surface area contributed by atoms with Crippen LogP contribution < -0.4 is 15.4 Å². The lowest BCUT2D eigenvalue weighted by Gasteiger charge is -2.26. The smallest absolute Gasteiger partial charge is 0.321 e. The van der Waals surface area contributed by atoms with Crippen molar-refractivity contribution in [3.63, 3.8) is 0 Å². The van der Waals surface area contributed by atoms with Crippen molar-refractivity contribution in [2.75, 3.05) is 32.6 Å². The number of rotatable bonds is 3. The van der Waals surface area contributed by atoms with E-state index in [1.165, 1.54) is 4.90 Å². The van der Waals surface area contributed by atoms with E-state index in [2.05, 4.69) is 10.6 Å². The maximum atomic E-state index is 12.1. The van der Waals surface area contributed by atoms with Crippen molar-refractivity contribution in [2.24, 2.45) is 0 Å². The summed E-state index contributed by atoms with van der Waals surface area (Å²) in [6.07, 6.45) is -0.527. The number of aliphatic hydroxyl groups excluding tert-OH is 1. The number of carbonyl (C=O) groups is 1. The number of nitrogens with one attached hydrogen (secondary N) is 2. The van der Waals surface area contributed by atoms with Gasteiger partial charge >= 0.3 is 6.03 Å². The third-order valence-corrected chi connectivity index (χ3v) is 3.29. The van der Waals surface area contributed by atoms with Crippen molar-refractivity contribution in [2.45, 2.75) is 12.1 Å². The number of amides is 2. The molecule has 2 rings (SSSR count). The summed E-state index contributed by atoms with van der Waals surface area (Å²) in [5, 5.41) is 15.6. The van der Waals surface area contributed by atoms with Crippen LogP contribution >= 0.6 is 0 Å². The van der Waals surface area contributed by atoms with Crippen molar-refractivity contribution in [1.29, 1.82) is 0 Å². The minimum atomic E-state index is -0.527. The molecule has 6 heteroatoms. The van der Waals surface area contributed by atoms with E-state index in [-0.39, 0.29) is 12.1 Å². The van der Waals surface area contributed by atoms with E-state index in [0.717, 1.165) is 0 Å². The van der Waals surface area contributed by atoms with Crippen molar-refractivity contribution >= 4 is 11.7 Å². The zero-order chi connectivity index (χ0) is 13.8. The minimum Gasteiger partial charge on any atom is -0.497 e. The Balaban J connectivity index is 1.99. The molecule has 0 bridgehead atoms. The molecule has 2 amide bonds. The van der Waals surface area contributed by atoms with Crippen LogP contribution in [0.1, 0.15) is 0 Å². The van der Waals surface area contributed by atoms with Crippen molar-refractivity contribution in [3.8, 4) is 5.75 Å². The van der Waals surface area contributed by atoms with Crippen molar-refractivity contribution in [3.05, 3.63) is 24.3 Å². The van der Waals surface area contributed by atoms with Gasteiger partial charge in [-0.25, -0.2) is 4.79 Å². The molecule has 6 nitrogen and oxygen atoms in total. The first-order chi connectivity index (χ1) is 9.11. The van der Waals surface area contributed by atoms with Crippen molar-refractivity contribution < 1.29 is 14.6 Å². The normalized spacial score (nSPS) is 22.1. The number of benzene rings is 1. The van der Waals surface area contributed by atoms with Crippen LogP contribution in [0.5, 0.6) is 5.75 Å². The highest BCUT2D eigenvalue weighted by atomic mass is 16.5. The summed E-state index contributed by atoms with van der Waals surface area (Å²) in [5.41, 5.74) is 0.664. The molecule has 0 unspecified atom stereocenters. The predicted molar refractivity (Wildman–Crippen MR) is 72.4 cm³/mol. The number of methoxy groups -OCH3 is 1. The van der Waals surface area contributed by atoms with Crippen LogP contribution in [0.3, 0.4) is 0 Å². The zero-order valence-electron chi connectivity index (χ0n) is 11.1. The monoisotopic (exact) mass is 265 g/mol. The van der Waals surface area contributed by atoms with Crippen LogP contribution in [0.2, 0.25) is 0 Å². The van der Waals surface area contributed by atoms with Crippen LogP contribution in [0.4, 0.5) is 10.5 Å². The first kappa shape index (κ1) is 13.6. The molecular formula is C13H19N3O3. The Bertz CT molecular complexity index is 453. The summed E-state index contributed by atoms with van der Waals surface area (Å²) < 4.78 is 5.10. The average Bonchev–Trinajstić information content (AvgIpc) is 2.84. The molecule has 2 atom stereocenters. The van der Waals surface area contributed by atoms with E-state index in [9.17, 15) is 9.90 Å². The molecule has 0 aromatic heterocycles. The molecule has 1 fully saturated rings. The average molecular weight is 265 g/mol. The van der Waals surface area contributed by atoms with Gasteiger partial charge < -0.3 is 25.4 Å². The van der Waals surface area contributed by atoms with E-state index in [1.54, 1.807) is 32.4 Å². The van der Waals surface area contributed by atoms with Gasteiger partial charge in [-0.1, -0.05) is 6.07 Å².